The van der Waals surface area contributed by atoms with E-state index in [1.807, 2.05) is 12.3 Å². The van der Waals surface area contributed by atoms with E-state index in [1.54, 1.807) is 0 Å². The maximum Gasteiger partial charge on any atom is 0.126 e. The van der Waals surface area contributed by atoms with Crippen LogP contribution in [-0.2, 0) is 0 Å². The third kappa shape index (κ3) is 3.68. The van der Waals surface area contributed by atoms with Crippen molar-refractivity contribution in [1.29, 1.82) is 0 Å². The van der Waals surface area contributed by atoms with E-state index in [9.17, 15) is 0 Å². The normalized spacial score (nSPS) is 19.7. The molecule has 2 heterocycles. The molecule has 0 saturated carbocycles. The molecular formula is C11H18ClN3. The van der Waals surface area contributed by atoms with Gasteiger partial charge in [-0.3, -0.25) is 0 Å². The van der Waals surface area contributed by atoms with Crippen LogP contribution < -0.4 is 10.6 Å². The molecule has 3 nitrogen and oxygen atoms in total. The van der Waals surface area contributed by atoms with Crippen LogP contribution in [-0.4, -0.2) is 24.1 Å². The predicted octanol–water partition coefficient (Wildman–Crippen LogP) is 1.98. The number of rotatable bonds is 3. The Morgan fingerprint density at radius 2 is 2.47 bits per heavy atom. The molecule has 1 aromatic heterocycles. The van der Waals surface area contributed by atoms with Gasteiger partial charge >= 0.3 is 0 Å². The molecule has 15 heavy (non-hydrogen) atoms. The van der Waals surface area contributed by atoms with Crippen molar-refractivity contribution >= 4 is 18.2 Å². The molecule has 0 aromatic carbocycles. The SMILES string of the molecule is Cc1ccnc(NCC2CCCN2)c1.Cl. The monoisotopic (exact) mass is 227 g/mol. The van der Waals surface area contributed by atoms with Crippen LogP contribution in [0.1, 0.15) is 18.4 Å². The highest BCUT2D eigenvalue weighted by atomic mass is 35.5. The zero-order valence-corrected chi connectivity index (χ0v) is 9.81. The quantitative estimate of drug-likeness (QED) is 0.829. The Morgan fingerprint density at radius 1 is 1.60 bits per heavy atom. The summed E-state index contributed by atoms with van der Waals surface area (Å²) >= 11 is 0. The van der Waals surface area contributed by atoms with Gasteiger partial charge in [-0.15, -0.1) is 12.4 Å². The molecule has 1 aliphatic heterocycles. The first-order chi connectivity index (χ1) is 6.84. The van der Waals surface area contributed by atoms with Crippen LogP contribution in [0.25, 0.3) is 0 Å². The van der Waals surface area contributed by atoms with E-state index < -0.39 is 0 Å². The molecule has 0 aliphatic carbocycles. The highest BCUT2D eigenvalue weighted by Crippen LogP contribution is 2.08. The van der Waals surface area contributed by atoms with Crippen molar-refractivity contribution in [2.24, 2.45) is 0 Å². The fourth-order valence-corrected chi connectivity index (χ4v) is 1.79. The zero-order valence-electron chi connectivity index (χ0n) is 8.99. The fourth-order valence-electron chi connectivity index (χ4n) is 1.79. The van der Waals surface area contributed by atoms with Crippen molar-refractivity contribution in [3.8, 4) is 0 Å². The van der Waals surface area contributed by atoms with E-state index >= 15 is 0 Å². The smallest absolute Gasteiger partial charge is 0.126 e. The third-order valence-corrected chi connectivity index (χ3v) is 2.61. The van der Waals surface area contributed by atoms with Gasteiger partial charge in [0.25, 0.3) is 0 Å². The number of hydrogen-bond acceptors (Lipinski definition) is 3. The highest BCUT2D eigenvalue weighted by molar-refractivity contribution is 5.85. The molecule has 4 heteroatoms. The van der Waals surface area contributed by atoms with Crippen LogP contribution in [0.3, 0.4) is 0 Å². The number of pyridine rings is 1. The standard InChI is InChI=1S/C11H17N3.ClH/c1-9-4-6-13-11(7-9)14-8-10-3-2-5-12-10;/h4,6-7,10,12H,2-3,5,8H2,1H3,(H,13,14);1H. The predicted molar refractivity (Wildman–Crippen MR) is 65.7 cm³/mol. The fraction of sp³-hybridized carbons (Fsp3) is 0.545. The molecule has 1 saturated heterocycles. The average molecular weight is 228 g/mol. The summed E-state index contributed by atoms with van der Waals surface area (Å²) in [6.07, 6.45) is 4.42. The first-order valence-electron chi connectivity index (χ1n) is 5.24. The van der Waals surface area contributed by atoms with E-state index in [2.05, 4.69) is 28.6 Å². The topological polar surface area (TPSA) is 37.0 Å². The van der Waals surface area contributed by atoms with Crippen molar-refractivity contribution in [3.63, 3.8) is 0 Å². The van der Waals surface area contributed by atoms with Gasteiger partial charge in [0, 0.05) is 18.8 Å². The zero-order chi connectivity index (χ0) is 9.80. The van der Waals surface area contributed by atoms with Crippen molar-refractivity contribution in [2.75, 3.05) is 18.4 Å². The molecule has 1 aromatic rings. The highest BCUT2D eigenvalue weighted by Gasteiger charge is 2.13. The van der Waals surface area contributed by atoms with Crippen LogP contribution in [0.15, 0.2) is 18.3 Å². The first-order valence-corrected chi connectivity index (χ1v) is 5.24. The van der Waals surface area contributed by atoms with Gasteiger partial charge in [0.05, 0.1) is 0 Å². The Kier molecular flexibility index (Phi) is 4.85. The maximum atomic E-state index is 4.26. The molecule has 1 fully saturated rings. The number of nitrogens with one attached hydrogen (secondary N) is 2. The lowest BCUT2D eigenvalue weighted by Crippen LogP contribution is -2.29. The molecule has 0 radical (unpaired) electrons. The largest absolute Gasteiger partial charge is 0.369 e. The number of aromatic nitrogens is 1. The van der Waals surface area contributed by atoms with Gasteiger partial charge in [0.15, 0.2) is 0 Å². The second-order valence-corrected chi connectivity index (χ2v) is 3.89. The maximum absolute atomic E-state index is 4.26. The summed E-state index contributed by atoms with van der Waals surface area (Å²) in [5.74, 6) is 0.985. The van der Waals surface area contributed by atoms with E-state index in [4.69, 9.17) is 0 Å². The van der Waals surface area contributed by atoms with Crippen molar-refractivity contribution < 1.29 is 0 Å². The molecule has 1 atom stereocenters. The Bertz CT molecular complexity index is 298. The summed E-state index contributed by atoms with van der Waals surface area (Å²) in [7, 11) is 0. The van der Waals surface area contributed by atoms with Crippen molar-refractivity contribution in [3.05, 3.63) is 23.9 Å². The number of aryl methyl sites for hydroxylation is 1. The molecule has 1 unspecified atom stereocenters. The minimum atomic E-state index is 0. The lowest BCUT2D eigenvalue weighted by molar-refractivity contribution is 0.632. The second-order valence-electron chi connectivity index (χ2n) is 3.89. The van der Waals surface area contributed by atoms with Gasteiger partial charge < -0.3 is 10.6 Å². The first kappa shape index (κ1) is 12.3. The molecule has 0 bridgehead atoms. The van der Waals surface area contributed by atoms with Crippen molar-refractivity contribution in [1.82, 2.24) is 10.3 Å². The summed E-state index contributed by atoms with van der Waals surface area (Å²) in [5, 5.41) is 6.80. The van der Waals surface area contributed by atoms with Gasteiger partial charge in [-0.25, -0.2) is 4.98 Å². The van der Waals surface area contributed by atoms with Gasteiger partial charge in [-0.05, 0) is 44.0 Å². The molecular weight excluding hydrogens is 210 g/mol. The van der Waals surface area contributed by atoms with Gasteiger partial charge in [0.1, 0.15) is 5.82 Å². The average Bonchev–Trinajstić information content (AvgIpc) is 2.67. The lowest BCUT2D eigenvalue weighted by Gasteiger charge is -2.11. The number of halogens is 1. The second kappa shape index (κ2) is 5.93. The van der Waals surface area contributed by atoms with E-state index in [1.165, 1.54) is 18.4 Å². The van der Waals surface area contributed by atoms with Gasteiger partial charge in [0.2, 0.25) is 0 Å². The van der Waals surface area contributed by atoms with Gasteiger partial charge in [-0.2, -0.15) is 0 Å². The molecule has 2 N–H and O–H groups in total. The van der Waals surface area contributed by atoms with Crippen LogP contribution in [0.4, 0.5) is 5.82 Å². The summed E-state index contributed by atoms with van der Waals surface area (Å²) in [6, 6.07) is 4.71. The number of anilines is 1. The minimum absolute atomic E-state index is 0. The third-order valence-electron chi connectivity index (χ3n) is 2.61. The Labute approximate surface area is 97.1 Å². The van der Waals surface area contributed by atoms with Crippen LogP contribution in [0, 0.1) is 6.92 Å². The Balaban J connectivity index is 0.00000112. The molecule has 2 rings (SSSR count). The summed E-state index contributed by atoms with van der Waals surface area (Å²) in [4.78, 5) is 4.26. The Hall–Kier alpha value is -0.800. The summed E-state index contributed by atoms with van der Waals surface area (Å²) < 4.78 is 0. The van der Waals surface area contributed by atoms with Crippen LogP contribution >= 0.6 is 12.4 Å². The van der Waals surface area contributed by atoms with E-state index in [0.717, 1.165) is 18.9 Å². The minimum Gasteiger partial charge on any atom is -0.369 e. The summed E-state index contributed by atoms with van der Waals surface area (Å²) in [6.45, 7) is 4.23. The molecule has 1 aliphatic rings. The van der Waals surface area contributed by atoms with Crippen molar-refractivity contribution in [2.45, 2.75) is 25.8 Å². The Morgan fingerprint density at radius 3 is 3.13 bits per heavy atom. The lowest BCUT2D eigenvalue weighted by atomic mass is 10.2. The number of nitrogens with zero attached hydrogens (tertiary/aromatic N) is 1. The molecule has 84 valence electrons. The van der Waals surface area contributed by atoms with E-state index in [0.29, 0.717) is 6.04 Å². The van der Waals surface area contributed by atoms with Gasteiger partial charge in [-0.1, -0.05) is 0 Å². The molecule has 0 amide bonds. The molecule has 0 spiro atoms. The van der Waals surface area contributed by atoms with Crippen LogP contribution in [0.2, 0.25) is 0 Å². The summed E-state index contributed by atoms with van der Waals surface area (Å²) in [5.41, 5.74) is 1.25. The van der Waals surface area contributed by atoms with Crippen LogP contribution in [0.5, 0.6) is 0 Å². The van der Waals surface area contributed by atoms with E-state index in [-0.39, 0.29) is 12.4 Å². The number of hydrogen-bond donors (Lipinski definition) is 2.